The highest BCUT2D eigenvalue weighted by atomic mass is 79.9. The molecule has 1 aromatic heterocycles. The van der Waals surface area contributed by atoms with Gasteiger partial charge in [-0.25, -0.2) is 4.98 Å². The summed E-state index contributed by atoms with van der Waals surface area (Å²) in [6.45, 7) is 0. The minimum Gasteiger partial charge on any atom is -0.403 e. The molecule has 1 heterocycles. The summed E-state index contributed by atoms with van der Waals surface area (Å²) in [6, 6.07) is 1.63. The highest BCUT2D eigenvalue weighted by molar-refractivity contribution is 9.08. The molecule has 0 atom stereocenters. The average Bonchev–Trinajstić information content (AvgIpc) is 2.26. The zero-order valence-electron chi connectivity index (χ0n) is 9.44. The summed E-state index contributed by atoms with van der Waals surface area (Å²) in [4.78, 5) is 2.94. The van der Waals surface area contributed by atoms with Gasteiger partial charge in [-0.3, -0.25) is 0 Å². The molecular weight excluding hydrogens is 358 g/mol. The minimum atomic E-state index is -5.30. The SMILES string of the molecule is N#CCc1cnc(C(F)(F)F)c(OC(F)(F)F)c1CBr. The van der Waals surface area contributed by atoms with Crippen molar-refractivity contribution in [2.75, 3.05) is 0 Å². The van der Waals surface area contributed by atoms with Crippen molar-refractivity contribution < 1.29 is 31.1 Å². The molecule has 0 aliphatic heterocycles. The first-order valence-electron chi connectivity index (χ1n) is 4.86. The first-order chi connectivity index (χ1) is 9.10. The molecule has 0 saturated carbocycles. The van der Waals surface area contributed by atoms with Crippen LogP contribution in [-0.4, -0.2) is 11.3 Å². The van der Waals surface area contributed by atoms with Crippen molar-refractivity contribution in [2.24, 2.45) is 0 Å². The standard InChI is InChI=1S/C10H5BrF6N2O/c11-3-6-5(1-2-18)4-19-8(9(12,13)14)7(6)20-10(15,16)17/h4H,1,3H2. The lowest BCUT2D eigenvalue weighted by Crippen LogP contribution is -2.22. The highest BCUT2D eigenvalue weighted by Crippen LogP contribution is 2.40. The Morgan fingerprint density at radius 2 is 1.85 bits per heavy atom. The van der Waals surface area contributed by atoms with Gasteiger partial charge in [0.1, 0.15) is 0 Å². The van der Waals surface area contributed by atoms with Gasteiger partial charge in [-0.2, -0.15) is 18.4 Å². The van der Waals surface area contributed by atoms with Gasteiger partial charge in [0.25, 0.3) is 0 Å². The Morgan fingerprint density at radius 1 is 1.25 bits per heavy atom. The number of halogens is 7. The summed E-state index contributed by atoms with van der Waals surface area (Å²) in [5.41, 5.74) is -2.27. The molecule has 0 saturated heterocycles. The van der Waals surface area contributed by atoms with Crippen LogP contribution in [0.5, 0.6) is 5.75 Å². The topological polar surface area (TPSA) is 45.9 Å². The Morgan fingerprint density at radius 3 is 2.25 bits per heavy atom. The first-order valence-corrected chi connectivity index (χ1v) is 5.99. The molecular formula is C10H5BrF6N2O. The molecule has 0 amide bonds. The number of pyridine rings is 1. The zero-order valence-corrected chi connectivity index (χ0v) is 11.0. The van der Waals surface area contributed by atoms with Gasteiger partial charge < -0.3 is 4.74 Å². The van der Waals surface area contributed by atoms with E-state index in [1.807, 2.05) is 0 Å². The minimum absolute atomic E-state index is 0.0726. The van der Waals surface area contributed by atoms with Gasteiger partial charge in [-0.05, 0) is 5.56 Å². The van der Waals surface area contributed by atoms with Crippen LogP contribution in [0.25, 0.3) is 0 Å². The molecule has 110 valence electrons. The second-order valence-electron chi connectivity index (χ2n) is 3.45. The molecule has 0 unspecified atom stereocenters. The predicted octanol–water partition coefficient (Wildman–Crippen LogP) is 3.96. The number of hydrogen-bond donors (Lipinski definition) is 0. The summed E-state index contributed by atoms with van der Waals surface area (Å²) < 4.78 is 78.2. The Hall–Kier alpha value is -1.50. The Kier molecular flexibility index (Phi) is 4.86. The maximum absolute atomic E-state index is 12.7. The number of rotatable bonds is 3. The van der Waals surface area contributed by atoms with E-state index in [2.05, 4.69) is 25.7 Å². The predicted molar refractivity (Wildman–Crippen MR) is 57.9 cm³/mol. The molecule has 0 fully saturated rings. The van der Waals surface area contributed by atoms with Gasteiger partial charge in [0.15, 0.2) is 11.4 Å². The van der Waals surface area contributed by atoms with Gasteiger partial charge >= 0.3 is 12.5 Å². The van der Waals surface area contributed by atoms with Crippen LogP contribution in [0.15, 0.2) is 6.20 Å². The molecule has 0 aliphatic carbocycles. The average molecular weight is 363 g/mol. The molecule has 0 aliphatic rings. The van der Waals surface area contributed by atoms with Crippen molar-refractivity contribution in [3.63, 3.8) is 0 Å². The number of ether oxygens (including phenoxy) is 1. The van der Waals surface area contributed by atoms with Crippen molar-refractivity contribution in [3.8, 4) is 11.8 Å². The third-order valence-corrected chi connectivity index (χ3v) is 2.68. The second-order valence-corrected chi connectivity index (χ2v) is 4.01. The number of aromatic nitrogens is 1. The normalized spacial score (nSPS) is 12.1. The van der Waals surface area contributed by atoms with Crippen LogP contribution in [0.1, 0.15) is 16.8 Å². The lowest BCUT2D eigenvalue weighted by molar-refractivity contribution is -0.276. The number of nitriles is 1. The second kappa shape index (κ2) is 5.87. The van der Waals surface area contributed by atoms with Crippen LogP contribution >= 0.6 is 15.9 Å². The first kappa shape index (κ1) is 16.6. The van der Waals surface area contributed by atoms with E-state index in [0.717, 1.165) is 0 Å². The fourth-order valence-electron chi connectivity index (χ4n) is 1.38. The molecule has 20 heavy (non-hydrogen) atoms. The van der Waals surface area contributed by atoms with E-state index in [4.69, 9.17) is 5.26 Å². The highest BCUT2D eigenvalue weighted by Gasteiger charge is 2.42. The van der Waals surface area contributed by atoms with Crippen LogP contribution in [0, 0.1) is 11.3 Å². The molecule has 0 N–H and O–H groups in total. The summed E-state index contributed by atoms with van der Waals surface area (Å²) in [5.74, 6) is -1.44. The lowest BCUT2D eigenvalue weighted by Gasteiger charge is -2.18. The summed E-state index contributed by atoms with van der Waals surface area (Å²) >= 11 is 2.79. The van der Waals surface area contributed by atoms with Crippen LogP contribution < -0.4 is 4.74 Å². The summed E-state index contributed by atoms with van der Waals surface area (Å²) in [7, 11) is 0. The monoisotopic (exact) mass is 362 g/mol. The van der Waals surface area contributed by atoms with Gasteiger partial charge in [-0.15, -0.1) is 13.2 Å². The van der Waals surface area contributed by atoms with Gasteiger partial charge in [-0.1, -0.05) is 15.9 Å². The van der Waals surface area contributed by atoms with E-state index in [9.17, 15) is 26.3 Å². The fourth-order valence-corrected chi connectivity index (χ4v) is 1.99. The van der Waals surface area contributed by atoms with Crippen LogP contribution in [0.3, 0.4) is 0 Å². The molecule has 10 heteroatoms. The van der Waals surface area contributed by atoms with E-state index in [1.165, 1.54) is 0 Å². The van der Waals surface area contributed by atoms with E-state index < -0.39 is 29.5 Å². The molecule has 1 rings (SSSR count). The largest absolute Gasteiger partial charge is 0.573 e. The van der Waals surface area contributed by atoms with E-state index in [1.54, 1.807) is 6.07 Å². The quantitative estimate of drug-likeness (QED) is 0.603. The van der Waals surface area contributed by atoms with Gasteiger partial charge in [0, 0.05) is 17.1 Å². The van der Waals surface area contributed by atoms with Crippen molar-refractivity contribution in [1.29, 1.82) is 5.26 Å². The molecule has 0 spiro atoms. The Bertz CT molecular complexity index is 534. The molecule has 1 aromatic rings. The smallest absolute Gasteiger partial charge is 0.403 e. The van der Waals surface area contributed by atoms with Crippen LogP contribution in [0.4, 0.5) is 26.3 Å². The van der Waals surface area contributed by atoms with Crippen molar-refractivity contribution >= 4 is 15.9 Å². The third kappa shape index (κ3) is 4.00. The van der Waals surface area contributed by atoms with Gasteiger partial charge in [0.05, 0.1) is 12.5 Å². The number of nitrogens with zero attached hydrogens (tertiary/aromatic N) is 2. The summed E-state index contributed by atoms with van der Waals surface area (Å²) in [6.07, 6.45) is -10.1. The maximum Gasteiger partial charge on any atom is 0.573 e. The Balaban J connectivity index is 3.52. The van der Waals surface area contributed by atoms with Crippen molar-refractivity contribution in [3.05, 3.63) is 23.0 Å². The summed E-state index contributed by atoms with van der Waals surface area (Å²) in [5, 5.41) is 8.17. The van der Waals surface area contributed by atoms with E-state index in [-0.39, 0.29) is 17.3 Å². The van der Waals surface area contributed by atoms with Crippen LogP contribution in [0.2, 0.25) is 0 Å². The Labute approximate surface area is 117 Å². The molecule has 0 bridgehead atoms. The number of hydrogen-bond acceptors (Lipinski definition) is 3. The zero-order chi connectivity index (χ0) is 15.6. The molecule has 0 radical (unpaired) electrons. The molecule has 0 aromatic carbocycles. The van der Waals surface area contributed by atoms with Gasteiger partial charge in [0.2, 0.25) is 0 Å². The molecule has 3 nitrogen and oxygen atoms in total. The van der Waals surface area contributed by atoms with Crippen molar-refractivity contribution in [1.82, 2.24) is 4.98 Å². The van der Waals surface area contributed by atoms with Crippen LogP contribution in [-0.2, 0) is 17.9 Å². The number of alkyl halides is 7. The van der Waals surface area contributed by atoms with E-state index in [0.29, 0.717) is 6.20 Å². The van der Waals surface area contributed by atoms with Crippen molar-refractivity contribution in [2.45, 2.75) is 24.3 Å². The lowest BCUT2D eigenvalue weighted by atomic mass is 10.1. The maximum atomic E-state index is 12.7. The fraction of sp³-hybridized carbons (Fsp3) is 0.400. The van der Waals surface area contributed by atoms with E-state index >= 15 is 0 Å². The third-order valence-electron chi connectivity index (χ3n) is 2.12.